The Morgan fingerprint density at radius 3 is 2.39 bits per heavy atom. The van der Waals surface area contributed by atoms with Gasteiger partial charge in [-0.05, 0) is 27.7 Å². The van der Waals surface area contributed by atoms with Crippen molar-refractivity contribution in [2.45, 2.75) is 38.5 Å². The van der Waals surface area contributed by atoms with E-state index in [0.29, 0.717) is 0 Å². The third-order valence-corrected chi connectivity index (χ3v) is 3.67. The van der Waals surface area contributed by atoms with Crippen LogP contribution in [0.4, 0.5) is 4.79 Å². The zero-order valence-corrected chi connectivity index (χ0v) is 11.6. The van der Waals surface area contributed by atoms with Crippen molar-refractivity contribution in [1.29, 1.82) is 0 Å². The van der Waals surface area contributed by atoms with Crippen molar-refractivity contribution in [3.63, 3.8) is 0 Å². The Balaban J connectivity index is 4.50. The third kappa shape index (κ3) is 5.71. The van der Waals surface area contributed by atoms with E-state index in [1.54, 1.807) is 20.8 Å². The molecule has 0 aliphatic carbocycles. The van der Waals surface area contributed by atoms with Gasteiger partial charge in [-0.25, -0.2) is 13.2 Å². The number of carbonyl (C=O) groups excluding carboxylic acids is 1. The van der Waals surface area contributed by atoms with Crippen molar-refractivity contribution >= 4 is 21.8 Å². The maximum atomic E-state index is 11.6. The zero-order valence-electron chi connectivity index (χ0n) is 10.8. The zero-order chi connectivity index (χ0) is 14.6. The first-order chi connectivity index (χ1) is 7.99. The maximum Gasteiger partial charge on any atom is 0.408 e. The fourth-order valence-corrected chi connectivity index (χ4v) is 1.74. The number of hydrogen-bond acceptors (Lipinski definition) is 6. The van der Waals surface area contributed by atoms with Crippen molar-refractivity contribution in [3.8, 4) is 0 Å². The monoisotopic (exact) mass is 281 g/mol. The van der Waals surface area contributed by atoms with Crippen LogP contribution >= 0.6 is 0 Å². The Morgan fingerprint density at radius 1 is 1.50 bits per heavy atom. The highest BCUT2D eigenvalue weighted by Gasteiger charge is 2.27. The van der Waals surface area contributed by atoms with E-state index in [2.05, 4.69) is 15.2 Å². The van der Waals surface area contributed by atoms with E-state index < -0.39 is 38.5 Å². The van der Waals surface area contributed by atoms with Gasteiger partial charge < -0.3 is 21.0 Å². The molecule has 1 amide bonds. The van der Waals surface area contributed by atoms with E-state index >= 15 is 0 Å². The number of nitrogens with one attached hydrogen (secondary N) is 1. The molecule has 9 heteroatoms. The molecular weight excluding hydrogens is 262 g/mol. The summed E-state index contributed by atoms with van der Waals surface area (Å²) in [5, 5.41) is 12.2. The van der Waals surface area contributed by atoms with Crippen molar-refractivity contribution in [2.75, 3.05) is 5.94 Å². The second-order valence-corrected chi connectivity index (χ2v) is 7.02. The summed E-state index contributed by atoms with van der Waals surface area (Å²) in [4.78, 5) is 11.3. The Morgan fingerprint density at radius 2 is 2.00 bits per heavy atom. The molecule has 0 heterocycles. The quantitative estimate of drug-likeness (QED) is 0.288. The predicted octanol–water partition coefficient (Wildman–Crippen LogP) is 0.0183. The number of carbonyl (C=O) groups is 1. The minimum atomic E-state index is -3.82. The van der Waals surface area contributed by atoms with Crippen LogP contribution in [0.3, 0.4) is 0 Å². The van der Waals surface area contributed by atoms with Gasteiger partial charge in [0.2, 0.25) is 0 Å². The van der Waals surface area contributed by atoms with Crippen LogP contribution in [0.5, 0.6) is 0 Å². The van der Waals surface area contributed by atoms with E-state index in [4.69, 9.17) is 10.9 Å². The van der Waals surface area contributed by atoms with Gasteiger partial charge in [0, 0.05) is 5.54 Å². The van der Waals surface area contributed by atoms with Crippen LogP contribution in [0.1, 0.15) is 27.7 Å². The Hall–Kier alpha value is -1.51. The van der Waals surface area contributed by atoms with E-state index in [9.17, 15) is 13.2 Å². The molecule has 0 aliphatic heterocycles. The second kappa shape index (κ2) is 5.89. The lowest BCUT2D eigenvalue weighted by molar-refractivity contribution is 0.154. The first kappa shape index (κ1) is 16.5. The van der Waals surface area contributed by atoms with Gasteiger partial charge in [-0.3, -0.25) is 0 Å². The molecule has 8 nitrogen and oxygen atoms in total. The van der Waals surface area contributed by atoms with Crippen LogP contribution in [0.15, 0.2) is 5.16 Å². The number of amidine groups is 1. The molecule has 0 aromatic heterocycles. The number of rotatable bonds is 4. The average molecular weight is 281 g/mol. The van der Waals surface area contributed by atoms with Gasteiger partial charge in [-0.2, -0.15) is 0 Å². The number of amides is 1. The molecule has 1 unspecified atom stereocenters. The molecule has 4 N–H and O–H groups in total. The molecule has 0 rings (SSSR count). The molecule has 0 spiro atoms. The van der Waals surface area contributed by atoms with Crippen molar-refractivity contribution < 1.29 is 23.2 Å². The lowest BCUT2D eigenvalue weighted by atomic mass is 10.1. The number of ether oxygens (including phenoxy) is 1. The Bertz CT molecular complexity index is 424. The van der Waals surface area contributed by atoms with Crippen molar-refractivity contribution in [2.24, 2.45) is 10.9 Å². The summed E-state index contributed by atoms with van der Waals surface area (Å²) in [5.74, 6) is -1.30. The summed E-state index contributed by atoms with van der Waals surface area (Å²) in [5.41, 5.74) is 4.65. The summed E-state index contributed by atoms with van der Waals surface area (Å²) >= 11 is 0. The molecule has 0 aromatic rings. The Labute approximate surface area is 106 Å². The van der Waals surface area contributed by atoms with Crippen LogP contribution in [-0.4, -0.2) is 42.3 Å². The topological polar surface area (TPSA) is 131 Å². The molecule has 0 saturated carbocycles. The van der Waals surface area contributed by atoms with Gasteiger partial charge >= 0.3 is 6.09 Å². The van der Waals surface area contributed by atoms with Crippen LogP contribution in [0.2, 0.25) is 0 Å². The van der Waals surface area contributed by atoms with Gasteiger partial charge in [0.25, 0.3) is 0 Å². The van der Waals surface area contributed by atoms with Crippen molar-refractivity contribution in [1.82, 2.24) is 5.32 Å². The molecule has 0 fully saturated rings. The number of nitrogens with two attached hydrogens (primary N) is 1. The molecule has 18 heavy (non-hydrogen) atoms. The summed E-state index contributed by atoms with van der Waals surface area (Å²) in [6.07, 6.45) is -0.849. The Kier molecular flexibility index (Phi) is 5.40. The van der Waals surface area contributed by atoms with E-state index in [1.165, 1.54) is 6.92 Å². The fraction of sp³-hybridized carbons (Fsp3) is 0.778. The average Bonchev–Trinajstić information content (AvgIpc) is 2.22. The molecule has 0 saturated heterocycles. The number of nitrogens with zero attached hydrogens (tertiary/aromatic N) is 1. The van der Waals surface area contributed by atoms with Gasteiger partial charge in [0.05, 0.1) is 0 Å². The predicted molar refractivity (Wildman–Crippen MR) is 66.0 cm³/mol. The third-order valence-electron chi connectivity index (χ3n) is 1.90. The first-order valence-corrected chi connectivity index (χ1v) is 6.85. The van der Waals surface area contributed by atoms with Crippen LogP contribution in [-0.2, 0) is 14.6 Å². The van der Waals surface area contributed by atoms with Crippen LogP contribution in [0, 0.1) is 0 Å². The van der Waals surface area contributed by atoms with Gasteiger partial charge in [-0.15, -0.1) is 0 Å². The highest BCUT2D eigenvalue weighted by molar-refractivity contribution is 7.92. The first-order valence-electron chi connectivity index (χ1n) is 5.13. The molecule has 0 radical (unpaired) electrons. The summed E-state index contributed by atoms with van der Waals surface area (Å²) in [7, 11) is -3.82. The standard InChI is InChI=1S/C9H19N3O5S/c1-6(7(10)12-14)18(15,16)5-17-8(13)11-9(2,3)4/h6,14H,5H2,1-4H3,(H2,10,12)(H,11,13). The molecular formula is C9H19N3O5S. The molecule has 0 aromatic carbocycles. The van der Waals surface area contributed by atoms with Gasteiger partial charge in [-0.1, -0.05) is 5.16 Å². The second-order valence-electron chi connectivity index (χ2n) is 4.75. The normalized spacial score (nSPS) is 15.0. The van der Waals surface area contributed by atoms with Gasteiger partial charge in [0.1, 0.15) is 5.25 Å². The van der Waals surface area contributed by atoms with E-state index in [1.807, 2.05) is 0 Å². The number of sulfone groups is 1. The molecule has 0 aliphatic rings. The molecule has 0 bridgehead atoms. The summed E-state index contributed by atoms with van der Waals surface area (Å²) < 4.78 is 27.8. The lowest BCUT2D eigenvalue weighted by Crippen LogP contribution is -2.42. The van der Waals surface area contributed by atoms with E-state index in [-0.39, 0.29) is 0 Å². The van der Waals surface area contributed by atoms with Gasteiger partial charge in [0.15, 0.2) is 21.6 Å². The number of alkyl carbamates (subject to hydrolysis) is 1. The minimum Gasteiger partial charge on any atom is -0.433 e. The summed E-state index contributed by atoms with van der Waals surface area (Å²) in [6.45, 7) is 6.40. The van der Waals surface area contributed by atoms with Crippen molar-refractivity contribution in [3.05, 3.63) is 0 Å². The maximum absolute atomic E-state index is 11.6. The molecule has 106 valence electrons. The summed E-state index contributed by atoms with van der Waals surface area (Å²) in [6, 6.07) is 0. The minimum absolute atomic E-state index is 0.463. The van der Waals surface area contributed by atoms with Crippen LogP contribution in [0.25, 0.3) is 0 Å². The smallest absolute Gasteiger partial charge is 0.408 e. The highest BCUT2D eigenvalue weighted by atomic mass is 32.2. The molecule has 1 atom stereocenters. The van der Waals surface area contributed by atoms with Crippen LogP contribution < -0.4 is 11.1 Å². The number of oxime groups is 1. The SMILES string of the molecule is CC(C(N)=NO)S(=O)(=O)COC(=O)NC(C)(C)C. The largest absolute Gasteiger partial charge is 0.433 e. The van der Waals surface area contributed by atoms with E-state index in [0.717, 1.165) is 0 Å². The lowest BCUT2D eigenvalue weighted by Gasteiger charge is -2.20. The fourth-order valence-electron chi connectivity index (χ4n) is 0.845. The number of hydrogen-bond donors (Lipinski definition) is 3. The highest BCUT2D eigenvalue weighted by Crippen LogP contribution is 2.04.